The predicted octanol–water partition coefficient (Wildman–Crippen LogP) is 6.32. The number of hydrogen-bond donors (Lipinski definition) is 1. The molecule has 1 amide bonds. The van der Waals surface area contributed by atoms with Gasteiger partial charge in [-0.05, 0) is 91.2 Å². The normalized spacial score (nSPS) is 13.9. The Labute approximate surface area is 228 Å². The van der Waals surface area contributed by atoms with Gasteiger partial charge in [0.15, 0.2) is 9.84 Å². The summed E-state index contributed by atoms with van der Waals surface area (Å²) < 4.78 is 24.6. The van der Waals surface area contributed by atoms with Gasteiger partial charge in [0.05, 0.1) is 15.6 Å². The lowest BCUT2D eigenvalue weighted by atomic mass is 9.98. The predicted molar refractivity (Wildman–Crippen MR) is 152 cm³/mol. The Bertz CT molecular complexity index is 1570. The average molecular weight is 546 g/mol. The highest BCUT2D eigenvalue weighted by Crippen LogP contribution is 2.31. The summed E-state index contributed by atoms with van der Waals surface area (Å²) in [5.74, 6) is -0.351. The topological polar surface area (TPSA) is 79.4 Å². The van der Waals surface area contributed by atoms with E-state index in [4.69, 9.17) is 11.6 Å². The fourth-order valence-corrected chi connectivity index (χ4v) is 5.56. The minimum absolute atomic E-state index is 0.161. The molecule has 1 aliphatic rings. The number of halogens is 1. The van der Waals surface area contributed by atoms with Crippen LogP contribution in [0.2, 0.25) is 5.02 Å². The van der Waals surface area contributed by atoms with E-state index in [1.807, 2.05) is 42.5 Å². The second-order valence-electron chi connectivity index (χ2n) is 9.52. The molecular formula is C30H28ClN3O3S. The third kappa shape index (κ3) is 5.96. The molecule has 1 N–H and O–H groups in total. The molecular weight excluding hydrogens is 518 g/mol. The Kier molecular flexibility index (Phi) is 7.61. The van der Waals surface area contributed by atoms with Gasteiger partial charge in [0, 0.05) is 35.8 Å². The summed E-state index contributed by atoms with van der Waals surface area (Å²) >= 11 is 6.40. The fourth-order valence-electron chi connectivity index (χ4n) is 4.70. The minimum Gasteiger partial charge on any atom is -0.322 e. The highest BCUT2D eigenvalue weighted by molar-refractivity contribution is 7.90. The molecule has 0 saturated carbocycles. The van der Waals surface area contributed by atoms with Gasteiger partial charge in [0.2, 0.25) is 0 Å². The molecule has 1 saturated heterocycles. The third-order valence-corrected chi connectivity index (χ3v) is 8.14. The number of carbonyl (C=O) groups excluding carboxylic acids is 1. The Balaban J connectivity index is 1.46. The monoisotopic (exact) mass is 545 g/mol. The van der Waals surface area contributed by atoms with E-state index in [2.05, 4.69) is 15.2 Å². The Morgan fingerprint density at radius 1 is 0.947 bits per heavy atom. The zero-order valence-corrected chi connectivity index (χ0v) is 22.6. The van der Waals surface area contributed by atoms with Crippen molar-refractivity contribution in [2.75, 3.05) is 24.7 Å². The standard InChI is InChI=1S/C30H28ClN3O3S/c1-38(36,37)24-12-13-25(26(19-24)22-9-7-21(8-10-22)20-34-16-4-5-17-34)30(35)33-23-11-14-28(31)27(18-23)29-6-2-3-15-32-29/h2-3,6-15,18-19H,4-5,16-17,20H2,1H3,(H,33,35). The van der Waals surface area contributed by atoms with Crippen molar-refractivity contribution >= 4 is 33.0 Å². The van der Waals surface area contributed by atoms with Gasteiger partial charge in [0.25, 0.3) is 5.91 Å². The van der Waals surface area contributed by atoms with Gasteiger partial charge >= 0.3 is 0 Å². The second kappa shape index (κ2) is 11.1. The van der Waals surface area contributed by atoms with Gasteiger partial charge in [-0.3, -0.25) is 14.7 Å². The first-order valence-electron chi connectivity index (χ1n) is 12.5. The van der Waals surface area contributed by atoms with Crippen LogP contribution in [0.4, 0.5) is 5.69 Å². The molecule has 0 bridgehead atoms. The molecule has 8 heteroatoms. The Hall–Kier alpha value is -3.52. The summed E-state index contributed by atoms with van der Waals surface area (Å²) in [4.78, 5) is 20.4. The van der Waals surface area contributed by atoms with Crippen molar-refractivity contribution < 1.29 is 13.2 Å². The maximum absolute atomic E-state index is 13.5. The van der Waals surface area contributed by atoms with Crippen LogP contribution in [-0.4, -0.2) is 43.6 Å². The minimum atomic E-state index is -3.46. The van der Waals surface area contributed by atoms with E-state index in [-0.39, 0.29) is 10.8 Å². The molecule has 0 atom stereocenters. The number of amides is 1. The summed E-state index contributed by atoms with van der Waals surface area (Å²) in [6.45, 7) is 3.09. The number of pyridine rings is 1. The molecule has 0 radical (unpaired) electrons. The maximum atomic E-state index is 13.5. The van der Waals surface area contributed by atoms with E-state index in [0.717, 1.165) is 31.5 Å². The lowest BCUT2D eigenvalue weighted by Crippen LogP contribution is -2.18. The largest absolute Gasteiger partial charge is 0.322 e. The van der Waals surface area contributed by atoms with Crippen LogP contribution in [0, 0.1) is 0 Å². The molecule has 194 valence electrons. The van der Waals surface area contributed by atoms with Crippen LogP contribution in [0.15, 0.2) is 90.0 Å². The number of aromatic nitrogens is 1. The van der Waals surface area contributed by atoms with E-state index in [0.29, 0.717) is 33.1 Å². The molecule has 1 fully saturated rings. The van der Waals surface area contributed by atoms with Crippen molar-refractivity contribution in [3.8, 4) is 22.4 Å². The first kappa shape index (κ1) is 26.1. The number of nitrogens with zero attached hydrogens (tertiary/aromatic N) is 2. The van der Waals surface area contributed by atoms with Crippen molar-refractivity contribution in [3.05, 3.63) is 101 Å². The molecule has 5 rings (SSSR count). The molecule has 38 heavy (non-hydrogen) atoms. The number of benzene rings is 3. The number of carbonyl (C=O) groups is 1. The van der Waals surface area contributed by atoms with Crippen molar-refractivity contribution in [1.82, 2.24) is 9.88 Å². The smallest absolute Gasteiger partial charge is 0.256 e. The van der Waals surface area contributed by atoms with Gasteiger partial charge in [-0.15, -0.1) is 0 Å². The first-order chi connectivity index (χ1) is 18.3. The number of anilines is 1. The summed E-state index contributed by atoms with van der Waals surface area (Å²) in [7, 11) is -3.46. The zero-order chi connectivity index (χ0) is 26.7. The number of rotatable bonds is 7. The quantitative estimate of drug-likeness (QED) is 0.294. The van der Waals surface area contributed by atoms with Crippen LogP contribution in [0.1, 0.15) is 28.8 Å². The van der Waals surface area contributed by atoms with Crippen molar-refractivity contribution in [3.63, 3.8) is 0 Å². The average Bonchev–Trinajstić information content (AvgIpc) is 3.43. The third-order valence-electron chi connectivity index (χ3n) is 6.70. The maximum Gasteiger partial charge on any atom is 0.256 e. The Morgan fingerprint density at radius 3 is 2.39 bits per heavy atom. The van der Waals surface area contributed by atoms with Gasteiger partial charge in [-0.1, -0.05) is 41.9 Å². The van der Waals surface area contributed by atoms with Crippen LogP contribution >= 0.6 is 11.6 Å². The molecule has 1 aliphatic heterocycles. The van der Waals surface area contributed by atoms with Crippen molar-refractivity contribution in [1.29, 1.82) is 0 Å². The second-order valence-corrected chi connectivity index (χ2v) is 11.9. The first-order valence-corrected chi connectivity index (χ1v) is 14.7. The van der Waals surface area contributed by atoms with E-state index < -0.39 is 9.84 Å². The van der Waals surface area contributed by atoms with Gasteiger partial charge in [-0.25, -0.2) is 8.42 Å². The molecule has 4 aromatic rings. The van der Waals surface area contributed by atoms with Crippen LogP contribution in [0.3, 0.4) is 0 Å². The van der Waals surface area contributed by atoms with Crippen molar-refractivity contribution in [2.24, 2.45) is 0 Å². The summed E-state index contributed by atoms with van der Waals surface area (Å²) in [5.41, 5.74) is 4.84. The molecule has 1 aromatic heterocycles. The van der Waals surface area contributed by atoms with Gasteiger partial charge < -0.3 is 5.32 Å². The van der Waals surface area contributed by atoms with Crippen LogP contribution in [-0.2, 0) is 16.4 Å². The fraction of sp³-hybridized carbons (Fsp3) is 0.200. The number of hydrogen-bond acceptors (Lipinski definition) is 5. The van der Waals surface area contributed by atoms with E-state index in [1.165, 1.54) is 24.5 Å². The molecule has 2 heterocycles. The molecule has 3 aromatic carbocycles. The van der Waals surface area contributed by atoms with Crippen LogP contribution in [0.5, 0.6) is 0 Å². The van der Waals surface area contributed by atoms with E-state index in [1.54, 1.807) is 36.5 Å². The van der Waals surface area contributed by atoms with E-state index >= 15 is 0 Å². The molecule has 0 aliphatic carbocycles. The lowest BCUT2D eigenvalue weighted by molar-refractivity contribution is 0.102. The summed E-state index contributed by atoms with van der Waals surface area (Å²) in [6, 6.07) is 23.4. The summed E-state index contributed by atoms with van der Waals surface area (Å²) in [6.07, 6.45) is 5.30. The highest BCUT2D eigenvalue weighted by Gasteiger charge is 2.19. The zero-order valence-electron chi connectivity index (χ0n) is 21.0. The van der Waals surface area contributed by atoms with Crippen LogP contribution in [0.25, 0.3) is 22.4 Å². The SMILES string of the molecule is CS(=O)(=O)c1ccc(C(=O)Nc2ccc(Cl)c(-c3ccccn3)c2)c(-c2ccc(CN3CCCC3)cc2)c1. The molecule has 6 nitrogen and oxygen atoms in total. The number of nitrogens with one attached hydrogen (secondary N) is 1. The molecule has 0 spiro atoms. The van der Waals surface area contributed by atoms with Gasteiger partial charge in [-0.2, -0.15) is 0 Å². The summed E-state index contributed by atoms with van der Waals surface area (Å²) in [5, 5.41) is 3.46. The Morgan fingerprint density at radius 2 is 1.71 bits per heavy atom. The lowest BCUT2D eigenvalue weighted by Gasteiger charge is -2.16. The van der Waals surface area contributed by atoms with Gasteiger partial charge in [0.1, 0.15) is 0 Å². The van der Waals surface area contributed by atoms with Crippen LogP contribution < -0.4 is 5.32 Å². The van der Waals surface area contributed by atoms with E-state index in [9.17, 15) is 13.2 Å². The highest BCUT2D eigenvalue weighted by atomic mass is 35.5. The molecule has 0 unspecified atom stereocenters. The number of sulfone groups is 1. The van der Waals surface area contributed by atoms with Crippen molar-refractivity contribution in [2.45, 2.75) is 24.3 Å². The number of likely N-dealkylation sites (tertiary alicyclic amines) is 1.